The van der Waals surface area contributed by atoms with Crippen LogP contribution in [0.25, 0.3) is 0 Å². The lowest BCUT2D eigenvalue weighted by Gasteiger charge is -2.05. The maximum atomic E-state index is 6.19. The number of aromatic nitrogens is 4. The van der Waals surface area contributed by atoms with Gasteiger partial charge in [-0.2, -0.15) is 10.2 Å². The minimum Gasteiger partial charge on any atom is -0.396 e. The van der Waals surface area contributed by atoms with Gasteiger partial charge in [-0.25, -0.2) is 0 Å². The fraction of sp³-hybridized carbons (Fsp3) is 0.400. The molecular weight excluding hydrogens is 226 g/mol. The van der Waals surface area contributed by atoms with Crippen molar-refractivity contribution < 1.29 is 0 Å². The molecule has 2 aromatic heterocycles. The van der Waals surface area contributed by atoms with Crippen LogP contribution in [0.1, 0.15) is 18.3 Å². The third-order valence-electron chi connectivity index (χ3n) is 2.42. The fourth-order valence-electron chi connectivity index (χ4n) is 1.64. The molecule has 0 unspecified atom stereocenters. The molecule has 0 aliphatic heterocycles. The van der Waals surface area contributed by atoms with E-state index in [4.69, 9.17) is 17.3 Å². The van der Waals surface area contributed by atoms with Gasteiger partial charge in [-0.3, -0.25) is 9.36 Å². The first-order valence-electron chi connectivity index (χ1n) is 5.11. The highest BCUT2D eigenvalue weighted by Gasteiger charge is 2.13. The van der Waals surface area contributed by atoms with E-state index in [0.717, 1.165) is 17.9 Å². The molecule has 0 spiro atoms. The second-order valence-corrected chi connectivity index (χ2v) is 4.01. The standard InChI is InChI=1S/C10H14ClN5/c1-3-16-9(10(11)7(2)14-16)6-15-5-8(12)4-13-15/h4-5H,3,6,12H2,1-2H3. The van der Waals surface area contributed by atoms with Crippen LogP contribution in [0.4, 0.5) is 5.69 Å². The summed E-state index contributed by atoms with van der Waals surface area (Å²) in [6.45, 7) is 5.31. The monoisotopic (exact) mass is 239 g/mol. The van der Waals surface area contributed by atoms with Gasteiger partial charge >= 0.3 is 0 Å². The zero-order valence-corrected chi connectivity index (χ0v) is 10.1. The summed E-state index contributed by atoms with van der Waals surface area (Å²) in [5, 5.41) is 9.18. The molecule has 0 aromatic carbocycles. The van der Waals surface area contributed by atoms with Gasteiger partial charge in [-0.15, -0.1) is 0 Å². The van der Waals surface area contributed by atoms with Crippen LogP contribution >= 0.6 is 11.6 Å². The molecule has 2 aromatic rings. The van der Waals surface area contributed by atoms with Gasteiger partial charge in [0.25, 0.3) is 0 Å². The SMILES string of the molecule is CCn1nc(C)c(Cl)c1Cn1cc(N)cn1. The lowest BCUT2D eigenvalue weighted by molar-refractivity contribution is 0.575. The van der Waals surface area contributed by atoms with E-state index >= 15 is 0 Å². The van der Waals surface area contributed by atoms with E-state index in [9.17, 15) is 0 Å². The Balaban J connectivity index is 2.33. The number of hydrogen-bond donors (Lipinski definition) is 1. The number of nitrogens with two attached hydrogens (primary N) is 1. The molecule has 0 bridgehead atoms. The van der Waals surface area contributed by atoms with Gasteiger partial charge in [0.05, 0.1) is 34.8 Å². The van der Waals surface area contributed by atoms with Crippen LogP contribution in [0.2, 0.25) is 5.02 Å². The second-order valence-electron chi connectivity index (χ2n) is 3.63. The Morgan fingerprint density at radius 1 is 1.50 bits per heavy atom. The molecule has 2 N–H and O–H groups in total. The van der Waals surface area contributed by atoms with E-state index in [2.05, 4.69) is 10.2 Å². The summed E-state index contributed by atoms with van der Waals surface area (Å²) in [5.74, 6) is 0. The maximum Gasteiger partial charge on any atom is 0.0866 e. The minimum atomic E-state index is 0.588. The lowest BCUT2D eigenvalue weighted by Crippen LogP contribution is -2.08. The van der Waals surface area contributed by atoms with Gasteiger partial charge in [-0.1, -0.05) is 11.6 Å². The summed E-state index contributed by atoms with van der Waals surface area (Å²) >= 11 is 6.19. The molecule has 2 heterocycles. The van der Waals surface area contributed by atoms with Gasteiger partial charge in [0, 0.05) is 12.7 Å². The number of nitrogens with zero attached hydrogens (tertiary/aromatic N) is 4. The smallest absolute Gasteiger partial charge is 0.0866 e. The summed E-state index contributed by atoms with van der Waals surface area (Å²) in [5.41, 5.74) is 8.06. The summed E-state index contributed by atoms with van der Waals surface area (Å²) in [4.78, 5) is 0. The average molecular weight is 240 g/mol. The van der Waals surface area contributed by atoms with E-state index in [1.54, 1.807) is 17.1 Å². The lowest BCUT2D eigenvalue weighted by atomic mass is 10.3. The number of rotatable bonds is 3. The molecule has 2 rings (SSSR count). The Hall–Kier alpha value is -1.49. The molecule has 0 amide bonds. The van der Waals surface area contributed by atoms with Crippen molar-refractivity contribution in [2.24, 2.45) is 0 Å². The second kappa shape index (κ2) is 4.17. The topological polar surface area (TPSA) is 61.7 Å². The molecule has 0 saturated carbocycles. The Kier molecular flexibility index (Phi) is 2.87. The van der Waals surface area contributed by atoms with E-state index < -0.39 is 0 Å². The summed E-state index contributed by atoms with van der Waals surface area (Å²) < 4.78 is 3.64. The first-order chi connectivity index (χ1) is 7.61. The molecule has 86 valence electrons. The molecule has 0 atom stereocenters. The van der Waals surface area contributed by atoms with Crippen molar-refractivity contribution in [3.8, 4) is 0 Å². The first kappa shape index (κ1) is 11.0. The van der Waals surface area contributed by atoms with Crippen LogP contribution in [0, 0.1) is 6.92 Å². The Bertz CT molecular complexity index is 499. The number of nitrogen functional groups attached to an aromatic ring is 1. The number of halogens is 1. The third-order valence-corrected chi connectivity index (χ3v) is 2.91. The van der Waals surface area contributed by atoms with Crippen LogP contribution < -0.4 is 5.73 Å². The Labute approximate surface area is 98.8 Å². The highest BCUT2D eigenvalue weighted by molar-refractivity contribution is 6.31. The maximum absolute atomic E-state index is 6.19. The predicted molar refractivity (Wildman–Crippen MR) is 63.4 cm³/mol. The molecule has 6 heteroatoms. The Morgan fingerprint density at radius 2 is 2.25 bits per heavy atom. The van der Waals surface area contributed by atoms with Gasteiger partial charge in [0.1, 0.15) is 0 Å². The highest BCUT2D eigenvalue weighted by Crippen LogP contribution is 2.21. The number of anilines is 1. The van der Waals surface area contributed by atoms with Crippen LogP contribution in [-0.4, -0.2) is 19.6 Å². The van der Waals surface area contributed by atoms with E-state index in [1.165, 1.54) is 0 Å². The van der Waals surface area contributed by atoms with Crippen molar-refractivity contribution in [3.63, 3.8) is 0 Å². The van der Waals surface area contributed by atoms with Crippen molar-refractivity contribution in [1.29, 1.82) is 0 Å². The predicted octanol–water partition coefficient (Wildman–Crippen LogP) is 1.69. The largest absolute Gasteiger partial charge is 0.396 e. The summed E-state index contributed by atoms with van der Waals surface area (Å²) in [6, 6.07) is 0. The molecule has 0 aliphatic rings. The van der Waals surface area contributed by atoms with Crippen molar-refractivity contribution in [1.82, 2.24) is 19.6 Å². The van der Waals surface area contributed by atoms with E-state index in [-0.39, 0.29) is 0 Å². The van der Waals surface area contributed by atoms with Crippen molar-refractivity contribution in [2.75, 3.05) is 5.73 Å². The van der Waals surface area contributed by atoms with Crippen molar-refractivity contribution in [3.05, 3.63) is 28.8 Å². The molecular formula is C10H14ClN5. The van der Waals surface area contributed by atoms with Gasteiger partial charge in [0.2, 0.25) is 0 Å². The van der Waals surface area contributed by atoms with Crippen molar-refractivity contribution in [2.45, 2.75) is 26.9 Å². The van der Waals surface area contributed by atoms with Crippen molar-refractivity contribution >= 4 is 17.3 Å². The normalized spacial score (nSPS) is 10.9. The molecule has 0 fully saturated rings. The Morgan fingerprint density at radius 3 is 2.81 bits per heavy atom. The van der Waals surface area contributed by atoms with Crippen LogP contribution in [0.3, 0.4) is 0 Å². The van der Waals surface area contributed by atoms with Gasteiger partial charge in [0.15, 0.2) is 0 Å². The van der Waals surface area contributed by atoms with Gasteiger partial charge < -0.3 is 5.73 Å². The molecule has 16 heavy (non-hydrogen) atoms. The molecule has 5 nitrogen and oxygen atoms in total. The van der Waals surface area contributed by atoms with E-state index in [0.29, 0.717) is 17.3 Å². The summed E-state index contributed by atoms with van der Waals surface area (Å²) in [7, 11) is 0. The highest BCUT2D eigenvalue weighted by atomic mass is 35.5. The van der Waals surface area contributed by atoms with Gasteiger partial charge in [-0.05, 0) is 13.8 Å². The molecule has 0 radical (unpaired) electrons. The van der Waals surface area contributed by atoms with Crippen LogP contribution in [0.5, 0.6) is 0 Å². The number of hydrogen-bond acceptors (Lipinski definition) is 3. The quantitative estimate of drug-likeness (QED) is 0.887. The average Bonchev–Trinajstić information content (AvgIpc) is 2.77. The van der Waals surface area contributed by atoms with Crippen LogP contribution in [-0.2, 0) is 13.1 Å². The zero-order valence-electron chi connectivity index (χ0n) is 9.31. The fourth-order valence-corrected chi connectivity index (χ4v) is 1.83. The first-order valence-corrected chi connectivity index (χ1v) is 5.49. The van der Waals surface area contributed by atoms with Crippen LogP contribution in [0.15, 0.2) is 12.4 Å². The zero-order chi connectivity index (χ0) is 11.7. The molecule has 0 saturated heterocycles. The number of aryl methyl sites for hydroxylation is 2. The summed E-state index contributed by atoms with van der Waals surface area (Å²) in [6.07, 6.45) is 3.39. The third kappa shape index (κ3) is 1.90. The minimum absolute atomic E-state index is 0.588. The molecule has 0 aliphatic carbocycles. The van der Waals surface area contributed by atoms with E-state index in [1.807, 2.05) is 18.5 Å².